The fraction of sp³-hybridized carbons (Fsp3) is 0.200. The molecule has 2 rings (SSSR count). The van der Waals surface area contributed by atoms with Crippen LogP contribution < -0.4 is 5.73 Å². The van der Waals surface area contributed by atoms with Crippen LogP contribution in [0.25, 0.3) is 11.5 Å². The number of hydrogen-bond donors (Lipinski definition) is 1. The van der Waals surface area contributed by atoms with Gasteiger partial charge in [0.05, 0.1) is 0 Å². The lowest BCUT2D eigenvalue weighted by molar-refractivity contribution is -0.128. The van der Waals surface area contributed by atoms with E-state index < -0.39 is 18.4 Å². The highest BCUT2D eigenvalue weighted by Crippen LogP contribution is 2.26. The summed E-state index contributed by atoms with van der Waals surface area (Å²) < 4.78 is 41.8. The molecular formula is C10H7BrF3N3O. The Morgan fingerprint density at radius 1 is 1.28 bits per heavy atom. The van der Waals surface area contributed by atoms with Crippen LogP contribution in [0.5, 0.6) is 0 Å². The van der Waals surface area contributed by atoms with E-state index in [0.29, 0.717) is 15.7 Å². The zero-order valence-corrected chi connectivity index (χ0v) is 10.4. The highest BCUT2D eigenvalue weighted by atomic mass is 79.9. The second kappa shape index (κ2) is 4.60. The summed E-state index contributed by atoms with van der Waals surface area (Å²) in [4.78, 5) is 3.67. The molecule has 0 radical (unpaired) electrons. The molecule has 8 heteroatoms. The van der Waals surface area contributed by atoms with Crippen molar-refractivity contribution < 1.29 is 17.7 Å². The zero-order chi connectivity index (χ0) is 13.3. The van der Waals surface area contributed by atoms with Crippen molar-refractivity contribution in [1.29, 1.82) is 0 Å². The van der Waals surface area contributed by atoms with E-state index in [9.17, 15) is 13.2 Å². The van der Waals surface area contributed by atoms with Crippen molar-refractivity contribution in [3.05, 3.63) is 28.5 Å². The summed E-state index contributed by atoms with van der Waals surface area (Å²) in [6, 6.07) is 4.81. The number of halogens is 4. The molecule has 0 aliphatic heterocycles. The number of nitrogens with two attached hydrogens (primary N) is 1. The number of aromatic nitrogens is 2. The second-order valence-electron chi connectivity index (χ2n) is 3.58. The average Bonchev–Trinajstić information content (AvgIpc) is 2.61. The van der Waals surface area contributed by atoms with Crippen LogP contribution in [0, 0.1) is 0 Å². The highest BCUT2D eigenvalue weighted by Gasteiger charge is 2.30. The highest BCUT2D eigenvalue weighted by molar-refractivity contribution is 9.10. The van der Waals surface area contributed by atoms with Gasteiger partial charge in [0, 0.05) is 15.7 Å². The first-order valence-corrected chi connectivity index (χ1v) is 5.58. The molecule has 1 aromatic heterocycles. The predicted octanol–water partition coefficient (Wildman–Crippen LogP) is 3.19. The van der Waals surface area contributed by atoms with Gasteiger partial charge in [0.25, 0.3) is 5.89 Å². The maximum absolute atomic E-state index is 12.1. The molecule has 0 aliphatic rings. The largest absolute Gasteiger partial charge is 0.399 e. The van der Waals surface area contributed by atoms with Gasteiger partial charge in [-0.3, -0.25) is 0 Å². The minimum absolute atomic E-state index is 0.00208. The number of nitrogens with zero attached hydrogens (tertiary/aromatic N) is 2. The van der Waals surface area contributed by atoms with E-state index in [2.05, 4.69) is 26.1 Å². The van der Waals surface area contributed by atoms with Crippen LogP contribution in [-0.2, 0) is 6.42 Å². The average molecular weight is 322 g/mol. The Morgan fingerprint density at radius 3 is 2.61 bits per heavy atom. The van der Waals surface area contributed by atoms with Gasteiger partial charge in [-0.25, -0.2) is 0 Å². The van der Waals surface area contributed by atoms with Crippen molar-refractivity contribution in [2.45, 2.75) is 12.6 Å². The van der Waals surface area contributed by atoms with Gasteiger partial charge in [-0.1, -0.05) is 21.1 Å². The van der Waals surface area contributed by atoms with E-state index in [4.69, 9.17) is 10.3 Å². The molecule has 2 N–H and O–H groups in total. The predicted molar refractivity (Wildman–Crippen MR) is 61.6 cm³/mol. The van der Waals surface area contributed by atoms with Crippen molar-refractivity contribution in [3.8, 4) is 11.5 Å². The summed E-state index contributed by atoms with van der Waals surface area (Å²) in [5, 5.41) is 3.28. The van der Waals surface area contributed by atoms with Crippen LogP contribution in [0.2, 0.25) is 0 Å². The number of nitrogen functional groups attached to an aromatic ring is 1. The smallest absolute Gasteiger partial charge is 0.396 e. The molecule has 0 amide bonds. The van der Waals surface area contributed by atoms with Gasteiger partial charge in [0.1, 0.15) is 6.42 Å². The molecule has 0 atom stereocenters. The van der Waals surface area contributed by atoms with Crippen molar-refractivity contribution in [1.82, 2.24) is 10.1 Å². The van der Waals surface area contributed by atoms with Gasteiger partial charge in [0.2, 0.25) is 0 Å². The minimum Gasteiger partial charge on any atom is -0.399 e. The number of rotatable bonds is 2. The molecule has 0 saturated heterocycles. The molecule has 18 heavy (non-hydrogen) atoms. The maximum atomic E-state index is 12.1. The first-order chi connectivity index (χ1) is 8.33. The van der Waals surface area contributed by atoms with Gasteiger partial charge < -0.3 is 10.3 Å². The molecule has 2 aromatic rings. The molecule has 4 nitrogen and oxygen atoms in total. The first-order valence-electron chi connectivity index (χ1n) is 4.79. The third kappa shape index (κ3) is 3.22. The molecule has 1 aromatic carbocycles. The van der Waals surface area contributed by atoms with Gasteiger partial charge in [-0.05, 0) is 18.2 Å². The molecule has 96 valence electrons. The second-order valence-corrected chi connectivity index (χ2v) is 4.50. The maximum Gasteiger partial charge on any atom is 0.396 e. The van der Waals surface area contributed by atoms with Gasteiger partial charge in [0.15, 0.2) is 5.82 Å². The number of benzene rings is 1. The molecule has 0 saturated carbocycles. The number of alkyl halides is 3. The number of hydrogen-bond acceptors (Lipinski definition) is 4. The van der Waals surface area contributed by atoms with Gasteiger partial charge in [-0.2, -0.15) is 18.2 Å². The van der Waals surface area contributed by atoms with Crippen molar-refractivity contribution in [3.63, 3.8) is 0 Å². The lowest BCUT2D eigenvalue weighted by Crippen LogP contribution is -2.12. The normalized spacial score (nSPS) is 11.8. The molecule has 0 fully saturated rings. The molecule has 0 bridgehead atoms. The zero-order valence-electron chi connectivity index (χ0n) is 8.83. The van der Waals surface area contributed by atoms with E-state index in [1.807, 2.05) is 0 Å². The fourth-order valence-corrected chi connectivity index (χ4v) is 1.87. The van der Waals surface area contributed by atoms with Crippen molar-refractivity contribution in [2.75, 3.05) is 5.73 Å². The van der Waals surface area contributed by atoms with Crippen LogP contribution in [0.1, 0.15) is 5.82 Å². The van der Waals surface area contributed by atoms with Crippen LogP contribution >= 0.6 is 15.9 Å². The Hall–Kier alpha value is -1.57. The van der Waals surface area contributed by atoms with Crippen LogP contribution in [-0.4, -0.2) is 16.3 Å². The molecule has 1 heterocycles. The van der Waals surface area contributed by atoms with Crippen LogP contribution in [0.4, 0.5) is 18.9 Å². The Bertz CT molecular complexity index is 547. The molecule has 0 spiro atoms. The van der Waals surface area contributed by atoms with Gasteiger partial charge in [-0.15, -0.1) is 0 Å². The summed E-state index contributed by atoms with van der Waals surface area (Å²) in [7, 11) is 0. The Kier molecular flexibility index (Phi) is 3.29. The summed E-state index contributed by atoms with van der Waals surface area (Å²) in [5.41, 5.74) is 6.51. The summed E-state index contributed by atoms with van der Waals surface area (Å²) >= 11 is 3.22. The Balaban J connectivity index is 2.29. The molecular weight excluding hydrogens is 315 g/mol. The lowest BCUT2D eigenvalue weighted by Gasteiger charge is -2.00. The van der Waals surface area contributed by atoms with E-state index in [0.717, 1.165) is 0 Å². The first kappa shape index (κ1) is 12.9. The van der Waals surface area contributed by atoms with E-state index in [-0.39, 0.29) is 5.89 Å². The Morgan fingerprint density at radius 2 is 2.00 bits per heavy atom. The van der Waals surface area contributed by atoms with Crippen molar-refractivity contribution >= 4 is 21.6 Å². The SMILES string of the molecule is Nc1cc(Br)cc(-c2nc(CC(F)(F)F)no2)c1. The van der Waals surface area contributed by atoms with Gasteiger partial charge >= 0.3 is 6.18 Å². The lowest BCUT2D eigenvalue weighted by atomic mass is 10.2. The van der Waals surface area contributed by atoms with Crippen molar-refractivity contribution in [2.24, 2.45) is 0 Å². The standard InChI is InChI=1S/C10H7BrF3N3O/c11-6-1-5(2-7(15)3-6)9-16-8(17-18-9)4-10(12,13)14/h1-3H,4,15H2. The summed E-state index contributed by atoms with van der Waals surface area (Å²) in [6.45, 7) is 0. The Labute approximate surface area is 108 Å². The quantitative estimate of drug-likeness (QED) is 0.863. The minimum atomic E-state index is -4.36. The molecule has 0 aliphatic carbocycles. The fourth-order valence-electron chi connectivity index (χ4n) is 1.36. The van der Waals surface area contributed by atoms with E-state index >= 15 is 0 Å². The monoisotopic (exact) mass is 321 g/mol. The summed E-state index contributed by atoms with van der Waals surface area (Å²) in [5.74, 6) is -0.404. The van der Waals surface area contributed by atoms with Crippen LogP contribution in [0.15, 0.2) is 27.2 Å². The van der Waals surface area contributed by atoms with E-state index in [1.54, 1.807) is 12.1 Å². The third-order valence-electron chi connectivity index (χ3n) is 1.99. The number of anilines is 1. The van der Waals surface area contributed by atoms with E-state index in [1.165, 1.54) is 6.07 Å². The third-order valence-corrected chi connectivity index (χ3v) is 2.45. The summed E-state index contributed by atoms with van der Waals surface area (Å²) in [6.07, 6.45) is -5.59. The topological polar surface area (TPSA) is 64.9 Å². The van der Waals surface area contributed by atoms with Crippen LogP contribution in [0.3, 0.4) is 0 Å². The molecule has 0 unspecified atom stereocenters.